The lowest BCUT2D eigenvalue weighted by molar-refractivity contribution is 1.09. The van der Waals surface area contributed by atoms with Crippen LogP contribution in [0.4, 0.5) is 5.82 Å². The fourth-order valence-electron chi connectivity index (χ4n) is 1.20. The van der Waals surface area contributed by atoms with Crippen molar-refractivity contribution >= 4 is 33.1 Å². The van der Waals surface area contributed by atoms with Gasteiger partial charge in [0, 0.05) is 11.1 Å². The molecule has 2 rings (SSSR count). The maximum atomic E-state index is 4.14. The first-order valence-electron chi connectivity index (χ1n) is 4.49. The highest BCUT2D eigenvalue weighted by atomic mass is 79.9. The number of nitrogens with one attached hydrogen (secondary N) is 1. The van der Waals surface area contributed by atoms with E-state index in [1.165, 1.54) is 16.8 Å². The molecule has 0 unspecified atom stereocenters. The lowest BCUT2D eigenvalue weighted by Crippen LogP contribution is -2.00. The van der Waals surface area contributed by atoms with Crippen LogP contribution in [0.15, 0.2) is 28.4 Å². The van der Waals surface area contributed by atoms with Crippen molar-refractivity contribution in [3.05, 3.63) is 38.9 Å². The fourth-order valence-corrected chi connectivity index (χ4v) is 2.37. The van der Waals surface area contributed by atoms with E-state index in [9.17, 15) is 0 Å². The molecule has 0 aliphatic carbocycles. The van der Waals surface area contributed by atoms with E-state index in [2.05, 4.69) is 49.6 Å². The van der Waals surface area contributed by atoms with Gasteiger partial charge >= 0.3 is 0 Å². The van der Waals surface area contributed by atoms with Gasteiger partial charge in [-0.25, -0.2) is 9.97 Å². The van der Waals surface area contributed by atoms with Crippen molar-refractivity contribution < 1.29 is 0 Å². The van der Waals surface area contributed by atoms with E-state index in [1.54, 1.807) is 17.5 Å². The molecule has 0 amide bonds. The van der Waals surface area contributed by atoms with Crippen LogP contribution < -0.4 is 5.32 Å². The van der Waals surface area contributed by atoms with Crippen molar-refractivity contribution in [3.8, 4) is 0 Å². The van der Waals surface area contributed by atoms with Crippen molar-refractivity contribution in [2.45, 2.75) is 13.5 Å². The fraction of sp³-hybridized carbons (Fsp3) is 0.200. The molecule has 0 fully saturated rings. The largest absolute Gasteiger partial charge is 0.364 e. The van der Waals surface area contributed by atoms with Crippen LogP contribution in [0, 0.1) is 6.92 Å². The lowest BCUT2D eigenvalue weighted by atomic mass is 10.3. The predicted molar refractivity (Wildman–Crippen MR) is 66.1 cm³/mol. The summed E-state index contributed by atoms with van der Waals surface area (Å²) in [5.74, 6) is 0.830. The molecule has 2 heterocycles. The molecule has 0 bridgehead atoms. The second kappa shape index (κ2) is 4.72. The third-order valence-electron chi connectivity index (χ3n) is 1.88. The Kier molecular flexibility index (Phi) is 3.33. The van der Waals surface area contributed by atoms with Gasteiger partial charge in [0.15, 0.2) is 0 Å². The number of hydrogen-bond acceptors (Lipinski definition) is 4. The molecule has 5 heteroatoms. The van der Waals surface area contributed by atoms with Crippen molar-refractivity contribution in [1.82, 2.24) is 9.97 Å². The Labute approximate surface area is 101 Å². The van der Waals surface area contributed by atoms with Crippen LogP contribution >= 0.6 is 27.3 Å². The maximum Gasteiger partial charge on any atom is 0.144 e. The van der Waals surface area contributed by atoms with E-state index in [-0.39, 0.29) is 0 Å². The molecule has 0 saturated carbocycles. The minimum absolute atomic E-state index is 0.800. The van der Waals surface area contributed by atoms with Crippen molar-refractivity contribution in [3.63, 3.8) is 0 Å². The minimum atomic E-state index is 0.800. The van der Waals surface area contributed by atoms with Gasteiger partial charge in [-0.3, -0.25) is 0 Å². The first-order valence-corrected chi connectivity index (χ1v) is 6.16. The van der Waals surface area contributed by atoms with E-state index < -0.39 is 0 Å². The molecule has 0 aliphatic rings. The highest BCUT2D eigenvalue weighted by Gasteiger charge is 2.01. The van der Waals surface area contributed by atoms with Crippen molar-refractivity contribution in [1.29, 1.82) is 0 Å². The number of nitrogens with zero attached hydrogens (tertiary/aromatic N) is 2. The molecule has 2 aromatic heterocycles. The smallest absolute Gasteiger partial charge is 0.144 e. The molecule has 0 saturated heterocycles. The molecule has 15 heavy (non-hydrogen) atoms. The molecule has 0 aliphatic heterocycles. The molecule has 3 nitrogen and oxygen atoms in total. The summed E-state index contributed by atoms with van der Waals surface area (Å²) in [7, 11) is 0. The quantitative estimate of drug-likeness (QED) is 0.940. The Morgan fingerprint density at radius 1 is 1.53 bits per heavy atom. The number of halogens is 1. The van der Waals surface area contributed by atoms with Gasteiger partial charge in [-0.15, -0.1) is 11.3 Å². The number of aryl methyl sites for hydroxylation is 1. The molecular formula is C10H10BrN3S. The zero-order valence-electron chi connectivity index (χ0n) is 8.20. The molecule has 0 radical (unpaired) electrons. The SMILES string of the molecule is Cc1csc(CNc2ncncc2Br)c1. The van der Waals surface area contributed by atoms with Gasteiger partial charge in [0.25, 0.3) is 0 Å². The lowest BCUT2D eigenvalue weighted by Gasteiger charge is -2.04. The van der Waals surface area contributed by atoms with E-state index >= 15 is 0 Å². The maximum absolute atomic E-state index is 4.14. The molecule has 2 aromatic rings. The number of rotatable bonds is 3. The van der Waals surface area contributed by atoms with E-state index in [0.717, 1.165) is 16.8 Å². The normalized spacial score (nSPS) is 10.3. The third-order valence-corrected chi connectivity index (χ3v) is 3.52. The second-order valence-corrected chi connectivity index (χ2v) is 5.01. The predicted octanol–water partition coefficient (Wildman–Crippen LogP) is 3.22. The average Bonchev–Trinajstić information content (AvgIpc) is 2.63. The van der Waals surface area contributed by atoms with Gasteiger partial charge in [-0.1, -0.05) is 0 Å². The topological polar surface area (TPSA) is 37.8 Å². The average molecular weight is 284 g/mol. The molecule has 0 spiro atoms. The number of thiophene rings is 1. The Morgan fingerprint density at radius 2 is 2.40 bits per heavy atom. The summed E-state index contributed by atoms with van der Waals surface area (Å²) < 4.78 is 0.887. The summed E-state index contributed by atoms with van der Waals surface area (Å²) in [6.07, 6.45) is 3.27. The molecule has 1 N–H and O–H groups in total. The summed E-state index contributed by atoms with van der Waals surface area (Å²) in [5, 5.41) is 5.40. The Hall–Kier alpha value is -0.940. The van der Waals surface area contributed by atoms with Crippen molar-refractivity contribution in [2.24, 2.45) is 0 Å². The van der Waals surface area contributed by atoms with Gasteiger partial charge in [-0.05, 0) is 39.9 Å². The van der Waals surface area contributed by atoms with Gasteiger partial charge in [0.1, 0.15) is 12.1 Å². The van der Waals surface area contributed by atoms with Gasteiger partial charge in [0.2, 0.25) is 0 Å². The van der Waals surface area contributed by atoms with Gasteiger partial charge in [0.05, 0.1) is 11.0 Å². The summed E-state index contributed by atoms with van der Waals surface area (Å²) in [5.41, 5.74) is 1.30. The van der Waals surface area contributed by atoms with E-state index in [0.29, 0.717) is 0 Å². The van der Waals surface area contributed by atoms with Crippen molar-refractivity contribution in [2.75, 3.05) is 5.32 Å². The van der Waals surface area contributed by atoms with Crippen LogP contribution in [0.3, 0.4) is 0 Å². The minimum Gasteiger partial charge on any atom is -0.364 e. The number of hydrogen-bond donors (Lipinski definition) is 1. The van der Waals surface area contributed by atoms with Crippen LogP contribution in [-0.4, -0.2) is 9.97 Å². The first kappa shape index (κ1) is 10.6. The van der Waals surface area contributed by atoms with E-state index in [4.69, 9.17) is 0 Å². The number of aromatic nitrogens is 2. The molecule has 0 atom stereocenters. The standard InChI is InChI=1S/C10H10BrN3S/c1-7-2-8(15-5-7)3-13-10-9(11)4-12-6-14-10/h2,4-6H,3H2,1H3,(H,12,13,14). The van der Waals surface area contributed by atoms with Gasteiger partial charge in [-0.2, -0.15) is 0 Å². The van der Waals surface area contributed by atoms with E-state index in [1.807, 2.05) is 0 Å². The Bertz CT molecular complexity index is 455. The summed E-state index contributed by atoms with van der Waals surface area (Å²) in [4.78, 5) is 9.35. The van der Waals surface area contributed by atoms with Crippen LogP contribution in [-0.2, 0) is 6.54 Å². The molecule has 0 aromatic carbocycles. The summed E-state index contributed by atoms with van der Waals surface area (Å²) in [6, 6.07) is 2.17. The van der Waals surface area contributed by atoms with Crippen LogP contribution in [0.2, 0.25) is 0 Å². The zero-order valence-corrected chi connectivity index (χ0v) is 10.6. The first-order chi connectivity index (χ1) is 7.25. The zero-order chi connectivity index (χ0) is 10.7. The Morgan fingerprint density at radius 3 is 3.07 bits per heavy atom. The highest BCUT2D eigenvalue weighted by Crippen LogP contribution is 2.19. The van der Waals surface area contributed by atoms with Crippen LogP contribution in [0.5, 0.6) is 0 Å². The Balaban J connectivity index is 2.02. The summed E-state index contributed by atoms with van der Waals surface area (Å²) in [6.45, 7) is 2.90. The second-order valence-electron chi connectivity index (χ2n) is 3.16. The third kappa shape index (κ3) is 2.76. The summed E-state index contributed by atoms with van der Waals surface area (Å²) >= 11 is 5.14. The monoisotopic (exact) mass is 283 g/mol. The molecule has 78 valence electrons. The molecular weight excluding hydrogens is 274 g/mol. The van der Waals surface area contributed by atoms with Crippen LogP contribution in [0.25, 0.3) is 0 Å². The van der Waals surface area contributed by atoms with Crippen LogP contribution in [0.1, 0.15) is 10.4 Å². The van der Waals surface area contributed by atoms with Gasteiger partial charge < -0.3 is 5.32 Å². The highest BCUT2D eigenvalue weighted by molar-refractivity contribution is 9.10. The number of anilines is 1.